The van der Waals surface area contributed by atoms with Crippen molar-refractivity contribution in [3.05, 3.63) is 23.8 Å². The van der Waals surface area contributed by atoms with Crippen LogP contribution in [0.5, 0.6) is 0 Å². The summed E-state index contributed by atoms with van der Waals surface area (Å²) >= 11 is 0. The molecule has 0 saturated heterocycles. The van der Waals surface area contributed by atoms with Gasteiger partial charge >= 0.3 is 0 Å². The van der Waals surface area contributed by atoms with Crippen molar-refractivity contribution in [1.29, 1.82) is 0 Å². The van der Waals surface area contributed by atoms with Crippen LogP contribution in [-0.2, 0) is 10.0 Å². The summed E-state index contributed by atoms with van der Waals surface area (Å²) in [5.41, 5.74) is 1.36. The van der Waals surface area contributed by atoms with Gasteiger partial charge in [-0.05, 0) is 51.5 Å². The van der Waals surface area contributed by atoms with E-state index in [1.807, 2.05) is 34.7 Å². The fourth-order valence-electron chi connectivity index (χ4n) is 1.55. The normalized spacial score (nSPS) is 12.5. The minimum atomic E-state index is -3.44. The van der Waals surface area contributed by atoms with Gasteiger partial charge in [0.05, 0.1) is 4.90 Å². The molecule has 0 radical (unpaired) electrons. The molecule has 1 rings (SSSR count). The molecule has 0 unspecified atom stereocenters. The standard InChI is InChI=1S/C12H20N2O2S/c1-9-8-10(6-7-11(9)13-5)17(15,16)14-12(2,3)4/h6-8,13-14H,1-5H3. The van der Waals surface area contributed by atoms with Crippen LogP contribution >= 0.6 is 0 Å². The van der Waals surface area contributed by atoms with Crippen LogP contribution < -0.4 is 10.0 Å². The third kappa shape index (κ3) is 3.71. The zero-order valence-corrected chi connectivity index (χ0v) is 11.8. The maximum absolute atomic E-state index is 12.1. The van der Waals surface area contributed by atoms with Gasteiger partial charge in [-0.15, -0.1) is 0 Å². The lowest BCUT2D eigenvalue weighted by molar-refractivity contribution is 0.491. The predicted octanol–water partition coefficient (Wildman–Crippen LogP) is 2.11. The Hall–Kier alpha value is -1.07. The quantitative estimate of drug-likeness (QED) is 0.871. The molecule has 0 bridgehead atoms. The van der Waals surface area contributed by atoms with E-state index in [9.17, 15) is 8.42 Å². The molecule has 0 spiro atoms. The molecular weight excluding hydrogens is 236 g/mol. The van der Waals surface area contributed by atoms with Gasteiger partial charge in [0.1, 0.15) is 0 Å². The van der Waals surface area contributed by atoms with Crippen molar-refractivity contribution in [3.63, 3.8) is 0 Å². The molecule has 0 saturated carbocycles. The van der Waals surface area contributed by atoms with Gasteiger partial charge in [-0.25, -0.2) is 13.1 Å². The summed E-state index contributed by atoms with van der Waals surface area (Å²) in [4.78, 5) is 0.295. The first-order valence-corrected chi connectivity index (χ1v) is 6.96. The SMILES string of the molecule is CNc1ccc(S(=O)(=O)NC(C)(C)C)cc1C. The maximum atomic E-state index is 12.1. The van der Waals surface area contributed by atoms with Gasteiger partial charge < -0.3 is 5.32 Å². The Labute approximate surface area is 103 Å². The molecule has 1 aromatic carbocycles. The Morgan fingerprint density at radius 1 is 1.18 bits per heavy atom. The second-order valence-electron chi connectivity index (χ2n) is 5.08. The van der Waals surface area contributed by atoms with Crippen molar-refractivity contribution < 1.29 is 8.42 Å². The largest absolute Gasteiger partial charge is 0.388 e. The molecule has 2 N–H and O–H groups in total. The highest BCUT2D eigenvalue weighted by Crippen LogP contribution is 2.20. The fraction of sp³-hybridized carbons (Fsp3) is 0.500. The Balaban J connectivity index is 3.13. The summed E-state index contributed by atoms with van der Waals surface area (Å²) in [6.45, 7) is 7.33. The third-order valence-corrected chi connectivity index (χ3v) is 3.97. The van der Waals surface area contributed by atoms with Crippen molar-refractivity contribution in [1.82, 2.24) is 4.72 Å². The second-order valence-corrected chi connectivity index (χ2v) is 6.76. The third-order valence-electron chi connectivity index (χ3n) is 2.22. The molecule has 0 aliphatic carbocycles. The van der Waals surface area contributed by atoms with Gasteiger partial charge in [0.2, 0.25) is 10.0 Å². The van der Waals surface area contributed by atoms with Crippen LogP contribution in [0.2, 0.25) is 0 Å². The number of anilines is 1. The number of aryl methyl sites for hydroxylation is 1. The number of benzene rings is 1. The highest BCUT2D eigenvalue weighted by molar-refractivity contribution is 7.89. The van der Waals surface area contributed by atoms with E-state index < -0.39 is 15.6 Å². The van der Waals surface area contributed by atoms with E-state index in [2.05, 4.69) is 10.0 Å². The molecule has 5 heteroatoms. The monoisotopic (exact) mass is 256 g/mol. The van der Waals surface area contributed by atoms with E-state index in [-0.39, 0.29) is 0 Å². The van der Waals surface area contributed by atoms with Crippen molar-refractivity contribution in [3.8, 4) is 0 Å². The number of nitrogens with one attached hydrogen (secondary N) is 2. The average Bonchev–Trinajstić information content (AvgIpc) is 2.13. The summed E-state index contributed by atoms with van der Waals surface area (Å²) in [6.07, 6.45) is 0. The van der Waals surface area contributed by atoms with Gasteiger partial charge in [-0.1, -0.05) is 0 Å². The Morgan fingerprint density at radius 3 is 2.18 bits per heavy atom. The smallest absolute Gasteiger partial charge is 0.241 e. The highest BCUT2D eigenvalue weighted by atomic mass is 32.2. The molecule has 0 atom stereocenters. The fourth-order valence-corrected chi connectivity index (χ4v) is 3.05. The minimum absolute atomic E-state index is 0.295. The zero-order valence-electron chi connectivity index (χ0n) is 11.0. The van der Waals surface area contributed by atoms with Crippen LogP contribution in [0.15, 0.2) is 23.1 Å². The first kappa shape index (κ1) is 14.0. The van der Waals surface area contributed by atoms with Crippen LogP contribution in [0.25, 0.3) is 0 Å². The lowest BCUT2D eigenvalue weighted by Crippen LogP contribution is -2.40. The van der Waals surface area contributed by atoms with E-state index >= 15 is 0 Å². The summed E-state index contributed by atoms with van der Waals surface area (Å²) in [5, 5.41) is 3.01. The van der Waals surface area contributed by atoms with Crippen molar-refractivity contribution in [2.45, 2.75) is 38.1 Å². The van der Waals surface area contributed by atoms with E-state index in [0.29, 0.717) is 4.90 Å². The summed E-state index contributed by atoms with van der Waals surface area (Å²) in [5.74, 6) is 0. The summed E-state index contributed by atoms with van der Waals surface area (Å²) in [6, 6.07) is 5.04. The Morgan fingerprint density at radius 2 is 1.76 bits per heavy atom. The first-order chi connectivity index (χ1) is 7.65. The van der Waals surface area contributed by atoms with Crippen LogP contribution in [0.1, 0.15) is 26.3 Å². The molecule has 0 aliphatic rings. The number of rotatable bonds is 3. The lowest BCUT2D eigenvalue weighted by atomic mass is 10.1. The number of sulfonamides is 1. The van der Waals surface area contributed by atoms with Gasteiger partial charge in [0.25, 0.3) is 0 Å². The lowest BCUT2D eigenvalue weighted by Gasteiger charge is -2.20. The van der Waals surface area contributed by atoms with Gasteiger partial charge in [0, 0.05) is 18.3 Å². The molecule has 0 aliphatic heterocycles. The second kappa shape index (κ2) is 4.66. The first-order valence-electron chi connectivity index (χ1n) is 5.48. The molecule has 17 heavy (non-hydrogen) atoms. The molecule has 0 amide bonds. The topological polar surface area (TPSA) is 58.2 Å². The molecular formula is C12H20N2O2S. The number of hydrogen-bond acceptors (Lipinski definition) is 3. The Kier molecular flexibility index (Phi) is 3.84. The molecule has 0 aromatic heterocycles. The maximum Gasteiger partial charge on any atom is 0.241 e. The van der Waals surface area contributed by atoms with Crippen molar-refractivity contribution >= 4 is 15.7 Å². The van der Waals surface area contributed by atoms with Crippen LogP contribution in [0, 0.1) is 6.92 Å². The van der Waals surface area contributed by atoms with Gasteiger partial charge in [0.15, 0.2) is 0 Å². The van der Waals surface area contributed by atoms with Crippen LogP contribution in [-0.4, -0.2) is 21.0 Å². The summed E-state index contributed by atoms with van der Waals surface area (Å²) < 4.78 is 26.8. The van der Waals surface area contributed by atoms with Gasteiger partial charge in [-0.2, -0.15) is 0 Å². The molecule has 1 aromatic rings. The Bertz CT molecular complexity index is 502. The molecule has 4 nitrogen and oxygen atoms in total. The zero-order chi connectivity index (χ0) is 13.3. The van der Waals surface area contributed by atoms with E-state index in [0.717, 1.165) is 11.3 Å². The van der Waals surface area contributed by atoms with Crippen molar-refractivity contribution in [2.75, 3.05) is 12.4 Å². The highest BCUT2D eigenvalue weighted by Gasteiger charge is 2.22. The van der Waals surface area contributed by atoms with Crippen molar-refractivity contribution in [2.24, 2.45) is 0 Å². The van der Waals surface area contributed by atoms with Crippen LogP contribution in [0.4, 0.5) is 5.69 Å². The molecule has 96 valence electrons. The minimum Gasteiger partial charge on any atom is -0.388 e. The van der Waals surface area contributed by atoms with E-state index in [1.54, 1.807) is 18.2 Å². The predicted molar refractivity (Wildman–Crippen MR) is 70.8 cm³/mol. The number of hydrogen-bond donors (Lipinski definition) is 2. The van der Waals surface area contributed by atoms with E-state index in [1.165, 1.54) is 0 Å². The molecule has 0 heterocycles. The average molecular weight is 256 g/mol. The van der Waals surface area contributed by atoms with Crippen LogP contribution in [0.3, 0.4) is 0 Å². The van der Waals surface area contributed by atoms with E-state index in [4.69, 9.17) is 0 Å². The van der Waals surface area contributed by atoms with Gasteiger partial charge in [-0.3, -0.25) is 0 Å². The molecule has 0 fully saturated rings. The summed E-state index contributed by atoms with van der Waals surface area (Å²) in [7, 11) is -1.63.